The van der Waals surface area contributed by atoms with Gasteiger partial charge in [0.1, 0.15) is 4.60 Å². The number of hydrogen-bond acceptors (Lipinski definition) is 6. The number of nitrogen functional groups attached to an aromatic ring is 1. The number of aromatic nitrogens is 4. The third-order valence-corrected chi connectivity index (χ3v) is 5.36. The highest BCUT2D eigenvalue weighted by atomic mass is 79.9. The minimum atomic E-state index is 0.262. The minimum Gasteiger partial charge on any atom is -0.433 e. The van der Waals surface area contributed by atoms with Gasteiger partial charge in [0.15, 0.2) is 11.6 Å². The fraction of sp³-hybridized carbons (Fsp3) is 0.533. The summed E-state index contributed by atoms with van der Waals surface area (Å²) < 4.78 is 8.34. The van der Waals surface area contributed by atoms with Gasteiger partial charge in [0, 0.05) is 12.1 Å². The van der Waals surface area contributed by atoms with Crippen molar-refractivity contribution in [1.29, 1.82) is 0 Å². The summed E-state index contributed by atoms with van der Waals surface area (Å²) >= 11 is 3.27. The third-order valence-electron chi connectivity index (χ3n) is 4.98. The van der Waals surface area contributed by atoms with Crippen molar-refractivity contribution in [2.75, 3.05) is 12.8 Å². The third kappa shape index (κ3) is 2.81. The normalized spacial score (nSPS) is 27.3. The van der Waals surface area contributed by atoms with Gasteiger partial charge in [0.2, 0.25) is 0 Å². The topological polar surface area (TPSA) is 82.1 Å². The SMILES string of the molecule is CN1C2CCC1CC(n1cc(Oc3nc(Br)cnc3N)cn1)C2. The molecular weight excluding hydrogens is 360 g/mol. The zero-order valence-corrected chi connectivity index (χ0v) is 14.5. The number of hydrogen-bond donors (Lipinski definition) is 1. The molecule has 2 saturated heterocycles. The summed E-state index contributed by atoms with van der Waals surface area (Å²) in [5.41, 5.74) is 5.79. The Balaban J connectivity index is 1.50. The molecule has 0 amide bonds. The Morgan fingerprint density at radius 2 is 1.96 bits per heavy atom. The maximum atomic E-state index is 5.79. The van der Waals surface area contributed by atoms with E-state index in [1.807, 2.05) is 10.9 Å². The molecule has 0 radical (unpaired) electrons. The number of ether oxygens (including phenoxy) is 1. The van der Waals surface area contributed by atoms with E-state index in [1.54, 1.807) is 12.4 Å². The Hall–Kier alpha value is -1.67. The van der Waals surface area contributed by atoms with Crippen LogP contribution in [-0.2, 0) is 0 Å². The van der Waals surface area contributed by atoms with Crippen LogP contribution < -0.4 is 10.5 Å². The molecule has 0 aliphatic carbocycles. The molecule has 2 aromatic heterocycles. The number of fused-ring (bicyclic) bond motifs is 2. The van der Waals surface area contributed by atoms with Crippen LogP contribution >= 0.6 is 15.9 Å². The van der Waals surface area contributed by atoms with Crippen molar-refractivity contribution in [1.82, 2.24) is 24.6 Å². The predicted octanol–water partition coefficient (Wildman–Crippen LogP) is 2.61. The standard InChI is InChI=1S/C15H19BrN6O/c1-21-9-2-3-10(21)5-11(4-9)22-8-12(6-19-22)23-15-14(17)18-7-13(16)20-15/h6-11H,2-5H2,1H3,(H2,17,18). The zero-order chi connectivity index (χ0) is 16.0. The first kappa shape index (κ1) is 14.9. The number of nitrogens with zero attached hydrogens (tertiary/aromatic N) is 5. The maximum absolute atomic E-state index is 5.79. The van der Waals surface area contributed by atoms with Gasteiger partial charge in [-0.3, -0.25) is 4.68 Å². The predicted molar refractivity (Wildman–Crippen MR) is 89.3 cm³/mol. The monoisotopic (exact) mass is 378 g/mol. The number of anilines is 1. The molecule has 0 aromatic carbocycles. The van der Waals surface area contributed by atoms with Gasteiger partial charge < -0.3 is 15.4 Å². The van der Waals surface area contributed by atoms with Crippen molar-refractivity contribution in [3.63, 3.8) is 0 Å². The molecule has 0 spiro atoms. The van der Waals surface area contributed by atoms with Gasteiger partial charge in [0.05, 0.1) is 24.6 Å². The lowest BCUT2D eigenvalue weighted by Gasteiger charge is -2.36. The van der Waals surface area contributed by atoms with Crippen molar-refractivity contribution < 1.29 is 4.74 Å². The molecule has 2 N–H and O–H groups in total. The molecule has 4 rings (SSSR count). The Bertz CT molecular complexity index is 706. The second kappa shape index (κ2) is 5.76. The summed E-state index contributed by atoms with van der Waals surface area (Å²) in [7, 11) is 2.24. The van der Waals surface area contributed by atoms with Crippen LogP contribution in [0.25, 0.3) is 0 Å². The lowest BCUT2D eigenvalue weighted by Crippen LogP contribution is -2.40. The van der Waals surface area contributed by atoms with E-state index in [0.29, 0.717) is 34.4 Å². The highest BCUT2D eigenvalue weighted by Gasteiger charge is 2.39. The molecule has 2 aromatic rings. The second-order valence-electron chi connectivity index (χ2n) is 6.32. The van der Waals surface area contributed by atoms with Crippen molar-refractivity contribution in [3.05, 3.63) is 23.2 Å². The van der Waals surface area contributed by atoms with E-state index in [4.69, 9.17) is 10.5 Å². The van der Waals surface area contributed by atoms with Gasteiger partial charge in [0.25, 0.3) is 5.88 Å². The molecule has 2 atom stereocenters. The van der Waals surface area contributed by atoms with Gasteiger partial charge in [-0.05, 0) is 48.7 Å². The van der Waals surface area contributed by atoms with E-state index in [9.17, 15) is 0 Å². The molecule has 122 valence electrons. The summed E-state index contributed by atoms with van der Waals surface area (Å²) in [6.07, 6.45) is 10.1. The van der Waals surface area contributed by atoms with E-state index in [1.165, 1.54) is 12.8 Å². The Kier molecular flexibility index (Phi) is 3.73. The first-order valence-corrected chi connectivity index (χ1v) is 8.61. The number of rotatable bonds is 3. The highest BCUT2D eigenvalue weighted by molar-refractivity contribution is 9.10. The van der Waals surface area contributed by atoms with Crippen molar-refractivity contribution >= 4 is 21.7 Å². The Morgan fingerprint density at radius 3 is 2.70 bits per heavy atom. The highest BCUT2D eigenvalue weighted by Crippen LogP contribution is 2.39. The molecule has 2 fully saturated rings. The largest absolute Gasteiger partial charge is 0.433 e. The van der Waals surface area contributed by atoms with E-state index in [2.05, 4.69) is 42.9 Å². The molecule has 8 heteroatoms. The van der Waals surface area contributed by atoms with Gasteiger partial charge in [-0.15, -0.1) is 0 Å². The Morgan fingerprint density at radius 1 is 1.22 bits per heavy atom. The van der Waals surface area contributed by atoms with E-state index >= 15 is 0 Å². The fourth-order valence-electron chi connectivity index (χ4n) is 3.72. The van der Waals surface area contributed by atoms with Crippen molar-refractivity contribution in [2.45, 2.75) is 43.8 Å². The quantitative estimate of drug-likeness (QED) is 0.883. The van der Waals surface area contributed by atoms with E-state index in [0.717, 1.165) is 12.8 Å². The lowest BCUT2D eigenvalue weighted by atomic mass is 9.98. The molecule has 0 saturated carbocycles. The molecule has 7 nitrogen and oxygen atoms in total. The van der Waals surface area contributed by atoms with Crippen molar-refractivity contribution in [3.8, 4) is 11.6 Å². The van der Waals surface area contributed by atoms with Crippen LogP contribution in [-0.4, -0.2) is 43.8 Å². The smallest absolute Gasteiger partial charge is 0.263 e. The van der Waals surface area contributed by atoms with Gasteiger partial charge in [-0.25, -0.2) is 9.97 Å². The minimum absolute atomic E-state index is 0.262. The maximum Gasteiger partial charge on any atom is 0.263 e. The van der Waals surface area contributed by atoms with Gasteiger partial charge >= 0.3 is 0 Å². The summed E-state index contributed by atoms with van der Waals surface area (Å²) in [5, 5.41) is 4.48. The molecule has 2 bridgehead atoms. The van der Waals surface area contributed by atoms with Crippen LogP contribution in [0.2, 0.25) is 0 Å². The van der Waals surface area contributed by atoms with Crippen LogP contribution in [0.1, 0.15) is 31.7 Å². The van der Waals surface area contributed by atoms with E-state index < -0.39 is 0 Å². The second-order valence-corrected chi connectivity index (χ2v) is 7.13. The molecular formula is C15H19BrN6O. The van der Waals surface area contributed by atoms with Crippen LogP contribution in [0.15, 0.2) is 23.2 Å². The molecule has 4 heterocycles. The van der Waals surface area contributed by atoms with Crippen LogP contribution in [0.3, 0.4) is 0 Å². The van der Waals surface area contributed by atoms with E-state index in [-0.39, 0.29) is 5.82 Å². The van der Waals surface area contributed by atoms with Crippen LogP contribution in [0.4, 0.5) is 5.82 Å². The number of nitrogens with two attached hydrogens (primary N) is 1. The fourth-order valence-corrected chi connectivity index (χ4v) is 3.98. The Labute approximate surface area is 143 Å². The first-order chi connectivity index (χ1) is 11.1. The zero-order valence-electron chi connectivity index (χ0n) is 12.9. The van der Waals surface area contributed by atoms with Crippen LogP contribution in [0.5, 0.6) is 11.6 Å². The molecule has 23 heavy (non-hydrogen) atoms. The number of halogens is 1. The average Bonchev–Trinajstić information content (AvgIpc) is 3.04. The first-order valence-electron chi connectivity index (χ1n) is 7.82. The molecule has 2 unspecified atom stereocenters. The lowest BCUT2D eigenvalue weighted by molar-refractivity contribution is 0.131. The summed E-state index contributed by atoms with van der Waals surface area (Å²) in [4.78, 5) is 10.7. The summed E-state index contributed by atoms with van der Waals surface area (Å²) in [6.45, 7) is 0. The summed E-state index contributed by atoms with van der Waals surface area (Å²) in [5.74, 6) is 1.19. The number of piperidine rings is 1. The van der Waals surface area contributed by atoms with Crippen LogP contribution in [0, 0.1) is 0 Å². The van der Waals surface area contributed by atoms with Crippen molar-refractivity contribution in [2.24, 2.45) is 0 Å². The van der Waals surface area contributed by atoms with Gasteiger partial charge in [-0.2, -0.15) is 5.10 Å². The average molecular weight is 379 g/mol. The van der Waals surface area contributed by atoms with Gasteiger partial charge in [-0.1, -0.05) is 0 Å². The molecule has 2 aliphatic rings. The summed E-state index contributed by atoms with van der Waals surface area (Å²) in [6, 6.07) is 1.80. The molecule has 2 aliphatic heterocycles.